The molecule has 0 amide bonds. The van der Waals surface area contributed by atoms with Crippen LogP contribution in [-0.4, -0.2) is 10.1 Å². The summed E-state index contributed by atoms with van der Waals surface area (Å²) in [6.07, 6.45) is 1.71. The smallest absolute Gasteiger partial charge is 0.124 e. The van der Waals surface area contributed by atoms with Crippen molar-refractivity contribution < 1.29 is 5.11 Å². The van der Waals surface area contributed by atoms with Crippen LogP contribution in [0.5, 0.6) is 5.75 Å². The van der Waals surface area contributed by atoms with Gasteiger partial charge in [-0.15, -0.1) is 12.4 Å². The Bertz CT molecular complexity index is 384. The largest absolute Gasteiger partial charge is 0.507 e. The molecule has 1 heterocycles. The van der Waals surface area contributed by atoms with Crippen molar-refractivity contribution >= 4 is 23.3 Å². The standard InChI is InChI=1S/C9H7NO.ClH/c11-9-5-1-4-8-7(9)3-2-6-10-8;/h1-6,11H;1H. The molecule has 2 rings (SSSR count). The number of halogens is 1. The van der Waals surface area contributed by atoms with Crippen molar-refractivity contribution in [1.82, 2.24) is 4.98 Å². The SMILES string of the molecule is Cl.Oc1cccc2ncccc12. The fourth-order valence-corrected chi connectivity index (χ4v) is 1.09. The van der Waals surface area contributed by atoms with Gasteiger partial charge < -0.3 is 5.11 Å². The first-order valence-electron chi connectivity index (χ1n) is 3.40. The van der Waals surface area contributed by atoms with Crippen LogP contribution in [0, 0.1) is 0 Å². The topological polar surface area (TPSA) is 33.1 Å². The van der Waals surface area contributed by atoms with Crippen LogP contribution in [0.1, 0.15) is 0 Å². The van der Waals surface area contributed by atoms with Gasteiger partial charge in [-0.05, 0) is 24.3 Å². The van der Waals surface area contributed by atoms with E-state index in [1.165, 1.54) is 0 Å². The van der Waals surface area contributed by atoms with E-state index in [1.54, 1.807) is 18.3 Å². The average Bonchev–Trinajstić information content (AvgIpc) is 2.06. The summed E-state index contributed by atoms with van der Waals surface area (Å²) in [7, 11) is 0. The number of phenolic OH excluding ortho intramolecular Hbond substituents is 1. The first-order valence-corrected chi connectivity index (χ1v) is 3.40. The van der Waals surface area contributed by atoms with Gasteiger partial charge in [0, 0.05) is 11.6 Å². The van der Waals surface area contributed by atoms with Gasteiger partial charge in [-0.1, -0.05) is 6.07 Å². The number of nitrogens with zero attached hydrogens (tertiary/aromatic N) is 1. The highest BCUT2D eigenvalue weighted by molar-refractivity contribution is 5.85. The van der Waals surface area contributed by atoms with Crippen molar-refractivity contribution in [3.8, 4) is 5.75 Å². The predicted octanol–water partition coefficient (Wildman–Crippen LogP) is 2.36. The zero-order chi connectivity index (χ0) is 7.68. The summed E-state index contributed by atoms with van der Waals surface area (Å²) in [5, 5.41) is 10.1. The summed E-state index contributed by atoms with van der Waals surface area (Å²) < 4.78 is 0. The highest BCUT2D eigenvalue weighted by Gasteiger charge is 1.95. The second-order valence-corrected chi connectivity index (χ2v) is 2.35. The molecule has 2 nitrogen and oxygen atoms in total. The van der Waals surface area contributed by atoms with Crippen molar-refractivity contribution in [1.29, 1.82) is 0 Å². The molecule has 0 aliphatic carbocycles. The van der Waals surface area contributed by atoms with Crippen LogP contribution in [0.25, 0.3) is 10.9 Å². The number of hydrogen-bond acceptors (Lipinski definition) is 2. The maximum absolute atomic E-state index is 9.33. The van der Waals surface area contributed by atoms with Gasteiger partial charge in [-0.2, -0.15) is 0 Å². The number of aromatic nitrogens is 1. The number of fused-ring (bicyclic) bond motifs is 1. The van der Waals surface area contributed by atoms with Crippen LogP contribution in [0.15, 0.2) is 36.5 Å². The molecule has 1 aromatic heterocycles. The van der Waals surface area contributed by atoms with Crippen LogP contribution in [0.3, 0.4) is 0 Å². The molecular formula is C9H8ClNO. The summed E-state index contributed by atoms with van der Waals surface area (Å²) in [5.74, 6) is 0.288. The van der Waals surface area contributed by atoms with E-state index in [-0.39, 0.29) is 18.2 Å². The molecule has 0 atom stereocenters. The number of rotatable bonds is 0. The minimum absolute atomic E-state index is 0. The van der Waals surface area contributed by atoms with E-state index in [0.717, 1.165) is 10.9 Å². The third kappa shape index (κ3) is 1.34. The quantitative estimate of drug-likeness (QED) is 0.677. The van der Waals surface area contributed by atoms with Crippen molar-refractivity contribution in [2.75, 3.05) is 0 Å². The lowest BCUT2D eigenvalue weighted by atomic mass is 10.2. The summed E-state index contributed by atoms with van der Waals surface area (Å²) in [5.41, 5.74) is 0.826. The minimum atomic E-state index is 0. The fourth-order valence-electron chi connectivity index (χ4n) is 1.09. The predicted molar refractivity (Wildman–Crippen MR) is 50.7 cm³/mol. The molecule has 1 aromatic carbocycles. The number of hydrogen-bond donors (Lipinski definition) is 1. The summed E-state index contributed by atoms with van der Waals surface area (Å²) in [6, 6.07) is 8.96. The van der Waals surface area contributed by atoms with Crippen molar-refractivity contribution in [2.24, 2.45) is 0 Å². The number of benzene rings is 1. The van der Waals surface area contributed by atoms with Gasteiger partial charge in [-0.3, -0.25) is 4.98 Å². The number of pyridine rings is 1. The molecular weight excluding hydrogens is 174 g/mol. The first-order chi connectivity index (χ1) is 5.38. The monoisotopic (exact) mass is 181 g/mol. The van der Waals surface area contributed by atoms with Gasteiger partial charge in [0.15, 0.2) is 0 Å². The van der Waals surface area contributed by atoms with E-state index in [4.69, 9.17) is 0 Å². The maximum Gasteiger partial charge on any atom is 0.124 e. The van der Waals surface area contributed by atoms with Gasteiger partial charge in [-0.25, -0.2) is 0 Å². The molecule has 0 aliphatic rings. The zero-order valence-corrected chi connectivity index (χ0v) is 7.08. The molecule has 0 bridgehead atoms. The molecule has 2 aromatic rings. The van der Waals surface area contributed by atoms with Gasteiger partial charge in [0.2, 0.25) is 0 Å². The van der Waals surface area contributed by atoms with E-state index in [0.29, 0.717) is 0 Å². The van der Waals surface area contributed by atoms with E-state index >= 15 is 0 Å². The molecule has 0 fully saturated rings. The van der Waals surface area contributed by atoms with E-state index < -0.39 is 0 Å². The molecule has 0 saturated carbocycles. The molecule has 0 radical (unpaired) electrons. The summed E-state index contributed by atoms with van der Waals surface area (Å²) in [6.45, 7) is 0. The third-order valence-corrected chi connectivity index (χ3v) is 1.62. The Hall–Kier alpha value is -1.28. The molecule has 1 N–H and O–H groups in total. The average molecular weight is 182 g/mol. The molecule has 0 aliphatic heterocycles. The van der Waals surface area contributed by atoms with Gasteiger partial charge >= 0.3 is 0 Å². The molecule has 3 heteroatoms. The Morgan fingerprint density at radius 1 is 1.08 bits per heavy atom. The summed E-state index contributed by atoms with van der Waals surface area (Å²) >= 11 is 0. The zero-order valence-electron chi connectivity index (χ0n) is 6.27. The Morgan fingerprint density at radius 3 is 2.67 bits per heavy atom. The van der Waals surface area contributed by atoms with Crippen LogP contribution in [0.2, 0.25) is 0 Å². The van der Waals surface area contributed by atoms with Crippen LogP contribution in [0.4, 0.5) is 0 Å². The lowest BCUT2D eigenvalue weighted by Crippen LogP contribution is -1.75. The molecule has 0 unspecified atom stereocenters. The van der Waals surface area contributed by atoms with E-state index in [2.05, 4.69) is 4.98 Å². The lowest BCUT2D eigenvalue weighted by molar-refractivity contribution is 0.481. The van der Waals surface area contributed by atoms with Crippen molar-refractivity contribution in [3.63, 3.8) is 0 Å². The lowest BCUT2D eigenvalue weighted by Gasteiger charge is -1.96. The summed E-state index contributed by atoms with van der Waals surface area (Å²) in [4.78, 5) is 4.08. The van der Waals surface area contributed by atoms with Crippen LogP contribution < -0.4 is 0 Å². The molecule has 62 valence electrons. The van der Waals surface area contributed by atoms with Gasteiger partial charge in [0.25, 0.3) is 0 Å². The van der Waals surface area contributed by atoms with Crippen LogP contribution >= 0.6 is 12.4 Å². The fraction of sp³-hybridized carbons (Fsp3) is 0. The van der Waals surface area contributed by atoms with Gasteiger partial charge in [0.1, 0.15) is 5.75 Å². The first kappa shape index (κ1) is 8.81. The molecule has 0 spiro atoms. The van der Waals surface area contributed by atoms with Crippen molar-refractivity contribution in [2.45, 2.75) is 0 Å². The Morgan fingerprint density at radius 2 is 1.92 bits per heavy atom. The third-order valence-electron chi connectivity index (χ3n) is 1.62. The maximum atomic E-state index is 9.33. The van der Waals surface area contributed by atoms with E-state index in [1.807, 2.05) is 18.2 Å². The molecule has 0 saturated heterocycles. The number of aromatic hydroxyl groups is 1. The van der Waals surface area contributed by atoms with E-state index in [9.17, 15) is 5.11 Å². The normalized spacial score (nSPS) is 9.33. The molecule has 12 heavy (non-hydrogen) atoms. The second kappa shape index (κ2) is 3.41. The van der Waals surface area contributed by atoms with Crippen LogP contribution in [-0.2, 0) is 0 Å². The van der Waals surface area contributed by atoms with Crippen molar-refractivity contribution in [3.05, 3.63) is 36.5 Å². The second-order valence-electron chi connectivity index (χ2n) is 2.35. The Kier molecular flexibility index (Phi) is 2.51. The Labute approximate surface area is 76.3 Å². The minimum Gasteiger partial charge on any atom is -0.507 e. The highest BCUT2D eigenvalue weighted by atomic mass is 35.5. The highest BCUT2D eigenvalue weighted by Crippen LogP contribution is 2.21. The Balaban J connectivity index is 0.000000720. The number of phenols is 1. The van der Waals surface area contributed by atoms with Gasteiger partial charge in [0.05, 0.1) is 5.52 Å².